The van der Waals surface area contributed by atoms with Crippen molar-refractivity contribution in [1.82, 2.24) is 0 Å². The first kappa shape index (κ1) is 17.5. The number of carbonyl (C=O) groups is 1. The van der Waals surface area contributed by atoms with Crippen LogP contribution in [0.25, 0.3) is 6.08 Å². The predicted molar refractivity (Wildman–Crippen MR) is 96.6 cm³/mol. The molecule has 0 heterocycles. The van der Waals surface area contributed by atoms with Crippen LogP contribution in [0.3, 0.4) is 0 Å². The third-order valence-electron chi connectivity index (χ3n) is 3.18. The molecule has 0 spiro atoms. The van der Waals surface area contributed by atoms with Crippen molar-refractivity contribution in [2.75, 3.05) is 6.61 Å². The molecule has 0 amide bonds. The lowest BCUT2D eigenvalue weighted by atomic mass is 10.2. The molecule has 0 unspecified atom stereocenters. The van der Waals surface area contributed by atoms with E-state index in [0.29, 0.717) is 6.61 Å². The molecule has 0 aliphatic rings. The summed E-state index contributed by atoms with van der Waals surface area (Å²) < 4.78 is 10.5. The molecule has 2 rings (SSSR count). The second-order valence-corrected chi connectivity index (χ2v) is 5.11. The Morgan fingerprint density at radius 3 is 2.54 bits per heavy atom. The van der Waals surface area contributed by atoms with E-state index < -0.39 is 0 Å². The van der Waals surface area contributed by atoms with Gasteiger partial charge < -0.3 is 9.47 Å². The largest absolute Gasteiger partial charge is 0.463 e. The molecule has 4 heteroatoms. The molecule has 0 saturated heterocycles. The number of ether oxygens (including phenoxy) is 2. The summed E-state index contributed by atoms with van der Waals surface area (Å²) in [5, 5.41) is 0. The number of carbonyl (C=O) groups excluding carboxylic acids is 1. The van der Waals surface area contributed by atoms with Crippen LogP contribution in [0.15, 0.2) is 65.7 Å². The smallest absolute Gasteiger partial charge is 0.330 e. The van der Waals surface area contributed by atoms with Crippen LogP contribution in [0.1, 0.15) is 25.3 Å². The third kappa shape index (κ3) is 6.48. The van der Waals surface area contributed by atoms with Crippen LogP contribution in [0.2, 0.25) is 0 Å². The number of rotatable bonds is 8. The zero-order valence-corrected chi connectivity index (χ0v) is 13.7. The van der Waals surface area contributed by atoms with Gasteiger partial charge in [0.05, 0.1) is 12.3 Å². The summed E-state index contributed by atoms with van der Waals surface area (Å²) in [5.74, 6) is 0.421. The Morgan fingerprint density at radius 2 is 1.83 bits per heavy atom. The number of para-hydroxylation sites is 1. The SMILES string of the molecule is CCCCOC(=O)/C=C/c1ccc(N=COc2ccccc2)cc1. The summed E-state index contributed by atoms with van der Waals surface area (Å²) in [7, 11) is 0. The van der Waals surface area contributed by atoms with Gasteiger partial charge in [-0.1, -0.05) is 43.7 Å². The average Bonchev–Trinajstić information content (AvgIpc) is 2.62. The molecule has 0 atom stereocenters. The molecule has 0 aliphatic heterocycles. The molecular weight excluding hydrogens is 302 g/mol. The molecule has 0 fully saturated rings. The van der Waals surface area contributed by atoms with Crippen molar-refractivity contribution < 1.29 is 14.3 Å². The maximum Gasteiger partial charge on any atom is 0.330 e. The second kappa shape index (κ2) is 10.0. The van der Waals surface area contributed by atoms with Gasteiger partial charge in [0, 0.05) is 6.08 Å². The summed E-state index contributed by atoms with van der Waals surface area (Å²) >= 11 is 0. The molecule has 124 valence electrons. The predicted octanol–water partition coefficient (Wildman–Crippen LogP) is 4.78. The summed E-state index contributed by atoms with van der Waals surface area (Å²) in [4.78, 5) is 15.7. The van der Waals surface area contributed by atoms with Crippen molar-refractivity contribution >= 4 is 24.1 Å². The van der Waals surface area contributed by atoms with Gasteiger partial charge in [-0.05, 0) is 42.3 Å². The quantitative estimate of drug-likeness (QED) is 0.231. The van der Waals surface area contributed by atoms with Crippen LogP contribution in [-0.4, -0.2) is 19.0 Å². The van der Waals surface area contributed by atoms with Gasteiger partial charge in [-0.15, -0.1) is 0 Å². The average molecular weight is 323 g/mol. The van der Waals surface area contributed by atoms with Gasteiger partial charge in [0.25, 0.3) is 0 Å². The van der Waals surface area contributed by atoms with E-state index in [1.54, 1.807) is 6.08 Å². The van der Waals surface area contributed by atoms with Crippen LogP contribution in [0, 0.1) is 0 Å². The first-order chi connectivity index (χ1) is 11.8. The van der Waals surface area contributed by atoms with E-state index in [1.165, 1.54) is 12.5 Å². The normalized spacial score (nSPS) is 11.0. The van der Waals surface area contributed by atoms with Crippen molar-refractivity contribution in [1.29, 1.82) is 0 Å². The van der Waals surface area contributed by atoms with Crippen LogP contribution in [-0.2, 0) is 9.53 Å². The van der Waals surface area contributed by atoms with Gasteiger partial charge in [0.15, 0.2) is 6.40 Å². The Hall–Kier alpha value is -2.88. The minimum absolute atomic E-state index is 0.318. The van der Waals surface area contributed by atoms with Crippen LogP contribution >= 0.6 is 0 Å². The summed E-state index contributed by atoms with van der Waals surface area (Å²) in [5.41, 5.74) is 1.68. The number of benzene rings is 2. The van der Waals surface area contributed by atoms with E-state index in [0.717, 1.165) is 29.8 Å². The molecule has 2 aromatic rings. The Labute approximate surface area is 142 Å². The molecule has 4 nitrogen and oxygen atoms in total. The molecule has 0 aliphatic carbocycles. The summed E-state index contributed by atoms with van der Waals surface area (Å²) in [6.07, 6.45) is 6.46. The first-order valence-corrected chi connectivity index (χ1v) is 7.97. The second-order valence-electron chi connectivity index (χ2n) is 5.11. The molecule has 0 radical (unpaired) electrons. The highest BCUT2D eigenvalue weighted by Crippen LogP contribution is 2.14. The van der Waals surface area contributed by atoms with Gasteiger partial charge in [-0.3, -0.25) is 0 Å². The molecule has 0 aromatic heterocycles. The number of hydrogen-bond donors (Lipinski definition) is 0. The van der Waals surface area contributed by atoms with Crippen molar-refractivity contribution in [3.63, 3.8) is 0 Å². The maximum absolute atomic E-state index is 11.5. The topological polar surface area (TPSA) is 47.9 Å². The van der Waals surface area contributed by atoms with E-state index >= 15 is 0 Å². The molecule has 0 saturated carbocycles. The highest BCUT2D eigenvalue weighted by atomic mass is 16.5. The van der Waals surface area contributed by atoms with E-state index in [-0.39, 0.29) is 5.97 Å². The number of unbranched alkanes of at least 4 members (excludes halogenated alkanes) is 1. The van der Waals surface area contributed by atoms with Gasteiger partial charge >= 0.3 is 5.97 Å². The van der Waals surface area contributed by atoms with E-state index in [4.69, 9.17) is 9.47 Å². The first-order valence-electron chi connectivity index (χ1n) is 7.97. The minimum Gasteiger partial charge on any atom is -0.463 e. The van der Waals surface area contributed by atoms with E-state index in [2.05, 4.69) is 11.9 Å². The molecule has 24 heavy (non-hydrogen) atoms. The van der Waals surface area contributed by atoms with E-state index in [9.17, 15) is 4.79 Å². The molecule has 2 aromatic carbocycles. The Balaban J connectivity index is 1.83. The lowest BCUT2D eigenvalue weighted by Crippen LogP contribution is -2.01. The summed E-state index contributed by atoms with van der Waals surface area (Å²) in [6, 6.07) is 16.9. The number of esters is 1. The Bertz CT molecular complexity index is 676. The fourth-order valence-electron chi connectivity index (χ4n) is 1.85. The standard InChI is InChI=1S/C20H21NO3/c1-2-3-15-23-20(22)14-11-17-9-12-18(13-10-17)21-16-24-19-7-5-4-6-8-19/h4-14,16H,2-3,15H2,1H3/b14-11+,21-16?. The van der Waals surface area contributed by atoms with Crippen LogP contribution in [0.4, 0.5) is 5.69 Å². The fraction of sp³-hybridized carbons (Fsp3) is 0.200. The maximum atomic E-state index is 11.5. The van der Waals surface area contributed by atoms with Crippen molar-refractivity contribution in [2.24, 2.45) is 4.99 Å². The van der Waals surface area contributed by atoms with Crippen LogP contribution < -0.4 is 4.74 Å². The summed E-state index contributed by atoms with van der Waals surface area (Å²) in [6.45, 7) is 2.52. The van der Waals surface area contributed by atoms with Crippen molar-refractivity contribution in [3.05, 3.63) is 66.2 Å². The molecule has 0 N–H and O–H groups in total. The van der Waals surface area contributed by atoms with Crippen LogP contribution in [0.5, 0.6) is 5.75 Å². The lowest BCUT2D eigenvalue weighted by molar-refractivity contribution is -0.137. The van der Waals surface area contributed by atoms with Crippen molar-refractivity contribution in [3.8, 4) is 5.75 Å². The van der Waals surface area contributed by atoms with Gasteiger partial charge in [0.2, 0.25) is 0 Å². The number of nitrogens with zero attached hydrogens (tertiary/aromatic N) is 1. The lowest BCUT2D eigenvalue weighted by Gasteiger charge is -2.00. The zero-order chi connectivity index (χ0) is 17.0. The zero-order valence-electron chi connectivity index (χ0n) is 13.7. The molecule has 0 bridgehead atoms. The Kier molecular flexibility index (Phi) is 7.28. The van der Waals surface area contributed by atoms with Gasteiger partial charge in [0.1, 0.15) is 5.75 Å². The van der Waals surface area contributed by atoms with Crippen molar-refractivity contribution in [2.45, 2.75) is 19.8 Å². The highest BCUT2D eigenvalue weighted by molar-refractivity contribution is 5.87. The van der Waals surface area contributed by atoms with Gasteiger partial charge in [-0.2, -0.15) is 0 Å². The third-order valence-corrected chi connectivity index (χ3v) is 3.18. The number of aliphatic imine (C=N–C) groups is 1. The minimum atomic E-state index is -0.318. The molecular formula is C20H21NO3. The Morgan fingerprint density at radius 1 is 1.08 bits per heavy atom. The highest BCUT2D eigenvalue weighted by Gasteiger charge is 1.96. The van der Waals surface area contributed by atoms with Gasteiger partial charge in [-0.25, -0.2) is 9.79 Å². The monoisotopic (exact) mass is 323 g/mol. The number of hydrogen-bond acceptors (Lipinski definition) is 4. The fourth-order valence-corrected chi connectivity index (χ4v) is 1.85. The van der Waals surface area contributed by atoms with E-state index in [1.807, 2.05) is 54.6 Å².